The molecule has 3 atom stereocenters. The van der Waals surface area contributed by atoms with E-state index in [0.717, 1.165) is 42.2 Å². The van der Waals surface area contributed by atoms with Crippen molar-refractivity contribution in [3.8, 4) is 17.0 Å². The number of fused-ring (bicyclic) bond motifs is 2. The van der Waals surface area contributed by atoms with Gasteiger partial charge in [0, 0.05) is 31.2 Å². The van der Waals surface area contributed by atoms with Crippen LogP contribution in [0.1, 0.15) is 0 Å². The van der Waals surface area contributed by atoms with Crippen LogP contribution in [-0.2, 0) is 0 Å². The van der Waals surface area contributed by atoms with Crippen LogP contribution in [0.25, 0.3) is 22.4 Å². The monoisotopic (exact) mass is 366 g/mol. The maximum Gasteiger partial charge on any atom is 0.228 e. The number of methoxy groups -OCH3 is 1. The summed E-state index contributed by atoms with van der Waals surface area (Å²) in [4.78, 5) is 19.3. The molecule has 2 aliphatic rings. The fourth-order valence-corrected chi connectivity index (χ4v) is 4.31. The fourth-order valence-electron chi connectivity index (χ4n) is 4.31. The summed E-state index contributed by atoms with van der Waals surface area (Å²) in [5.74, 6) is 2.46. The third-order valence-electron chi connectivity index (χ3n) is 5.77. The van der Waals surface area contributed by atoms with Crippen molar-refractivity contribution in [2.75, 3.05) is 38.3 Å². The summed E-state index contributed by atoms with van der Waals surface area (Å²) in [7, 11) is 1.66. The zero-order valence-corrected chi connectivity index (χ0v) is 15.1. The molecule has 2 fully saturated rings. The normalized spacial score (nSPS) is 24.5. The lowest BCUT2D eigenvalue weighted by atomic mass is 9.95. The molecule has 0 amide bonds. The lowest BCUT2D eigenvalue weighted by molar-refractivity contribution is 0.227. The van der Waals surface area contributed by atoms with Crippen molar-refractivity contribution in [2.45, 2.75) is 6.04 Å². The molecule has 3 N–H and O–H groups in total. The van der Waals surface area contributed by atoms with E-state index in [0.29, 0.717) is 23.4 Å². The van der Waals surface area contributed by atoms with Crippen LogP contribution in [0.3, 0.4) is 0 Å². The Morgan fingerprint density at radius 3 is 2.85 bits per heavy atom. The van der Waals surface area contributed by atoms with E-state index in [1.807, 2.05) is 24.3 Å². The molecule has 5 rings (SSSR count). The highest BCUT2D eigenvalue weighted by atomic mass is 16.5. The number of H-pyrrole nitrogens is 1. The highest BCUT2D eigenvalue weighted by Crippen LogP contribution is 2.34. The van der Waals surface area contributed by atoms with Gasteiger partial charge in [-0.1, -0.05) is 0 Å². The first-order chi connectivity index (χ1) is 13.3. The average molecular weight is 366 g/mol. The number of hydrogen-bond donors (Lipinski definition) is 3. The van der Waals surface area contributed by atoms with Crippen LogP contribution in [0.2, 0.25) is 0 Å². The van der Waals surface area contributed by atoms with Gasteiger partial charge in [0.15, 0.2) is 5.65 Å². The molecular weight excluding hydrogens is 344 g/mol. The molecule has 27 heavy (non-hydrogen) atoms. The van der Waals surface area contributed by atoms with Crippen molar-refractivity contribution in [1.29, 1.82) is 0 Å². The quantitative estimate of drug-likeness (QED) is 0.635. The van der Waals surface area contributed by atoms with Crippen LogP contribution in [-0.4, -0.2) is 64.4 Å². The topological polar surface area (TPSA) is 99.2 Å². The van der Waals surface area contributed by atoms with Crippen LogP contribution in [0.15, 0.2) is 30.6 Å². The van der Waals surface area contributed by atoms with Gasteiger partial charge >= 0.3 is 0 Å². The van der Waals surface area contributed by atoms with Gasteiger partial charge < -0.3 is 25.0 Å². The molecule has 0 aliphatic carbocycles. The summed E-state index contributed by atoms with van der Waals surface area (Å²) in [6, 6.07) is 8.01. The summed E-state index contributed by atoms with van der Waals surface area (Å²) in [6.45, 7) is 2.85. The van der Waals surface area contributed by atoms with Crippen LogP contribution in [0.4, 0.5) is 5.95 Å². The third-order valence-corrected chi connectivity index (χ3v) is 5.77. The van der Waals surface area contributed by atoms with Crippen LogP contribution < -0.4 is 15.0 Å². The lowest BCUT2D eigenvalue weighted by Crippen LogP contribution is -2.35. The van der Waals surface area contributed by atoms with Crippen molar-refractivity contribution in [3.05, 3.63) is 30.6 Å². The van der Waals surface area contributed by atoms with Gasteiger partial charge in [0.05, 0.1) is 20.0 Å². The Hall–Kier alpha value is -2.71. The van der Waals surface area contributed by atoms with E-state index in [9.17, 15) is 5.11 Å². The predicted molar refractivity (Wildman–Crippen MR) is 102 cm³/mol. The van der Waals surface area contributed by atoms with Crippen LogP contribution in [0, 0.1) is 11.8 Å². The minimum Gasteiger partial charge on any atom is -0.497 e. The molecule has 2 saturated heterocycles. The minimum absolute atomic E-state index is 0.162. The molecule has 8 nitrogen and oxygen atoms in total. The number of aromatic nitrogens is 4. The van der Waals surface area contributed by atoms with Crippen molar-refractivity contribution in [1.82, 2.24) is 25.3 Å². The summed E-state index contributed by atoms with van der Waals surface area (Å²) >= 11 is 0. The molecule has 2 aliphatic heterocycles. The number of nitrogens with one attached hydrogen (secondary N) is 2. The molecule has 8 heteroatoms. The van der Waals surface area contributed by atoms with Crippen molar-refractivity contribution in [3.63, 3.8) is 0 Å². The highest BCUT2D eigenvalue weighted by Gasteiger charge is 2.43. The number of anilines is 1. The van der Waals surface area contributed by atoms with Gasteiger partial charge in [-0.2, -0.15) is 4.98 Å². The molecule has 0 radical (unpaired) electrons. The third kappa shape index (κ3) is 2.72. The zero-order chi connectivity index (χ0) is 18.4. The molecule has 0 spiro atoms. The Bertz CT molecular complexity index is 956. The number of nitrogens with zero attached hydrogens (tertiary/aromatic N) is 4. The molecule has 0 bridgehead atoms. The molecule has 0 saturated carbocycles. The van der Waals surface area contributed by atoms with Crippen molar-refractivity contribution in [2.24, 2.45) is 11.8 Å². The minimum atomic E-state index is 0.162. The molecule has 3 unspecified atom stereocenters. The number of aliphatic hydroxyl groups is 1. The van der Waals surface area contributed by atoms with E-state index in [2.05, 4.69) is 25.2 Å². The summed E-state index contributed by atoms with van der Waals surface area (Å²) in [5.41, 5.74) is 3.32. The maximum atomic E-state index is 9.58. The van der Waals surface area contributed by atoms with E-state index in [1.54, 1.807) is 13.4 Å². The van der Waals surface area contributed by atoms with Gasteiger partial charge in [0.25, 0.3) is 0 Å². The predicted octanol–water partition coefficient (Wildman–Crippen LogP) is 1.04. The second-order valence-electron chi connectivity index (χ2n) is 7.23. The summed E-state index contributed by atoms with van der Waals surface area (Å²) in [5, 5.41) is 13.0. The van der Waals surface area contributed by atoms with E-state index in [1.165, 1.54) is 0 Å². The Labute approximate surface area is 156 Å². The second kappa shape index (κ2) is 6.47. The Morgan fingerprint density at radius 2 is 2.07 bits per heavy atom. The maximum absolute atomic E-state index is 9.58. The van der Waals surface area contributed by atoms with Gasteiger partial charge in [0.2, 0.25) is 5.95 Å². The molecule has 4 heterocycles. The molecule has 140 valence electrons. The number of aromatic amines is 1. The number of rotatable bonds is 4. The highest BCUT2D eigenvalue weighted by molar-refractivity contribution is 5.88. The summed E-state index contributed by atoms with van der Waals surface area (Å²) in [6.07, 6.45) is 1.65. The van der Waals surface area contributed by atoms with Gasteiger partial charge in [-0.25, -0.2) is 9.97 Å². The zero-order valence-electron chi connectivity index (χ0n) is 15.1. The standard InChI is InChI=1S/C19H22N6O2/c1-27-13-4-2-11(3-5-13)16-17-18(22-10-21-17)24-19(23-16)25-7-12-6-20-15(9-26)14(12)8-25/h2-5,10,12,14-15,20,26H,6-9H2,1H3,(H,21,22,23,24). The second-order valence-corrected chi connectivity index (χ2v) is 7.23. The smallest absolute Gasteiger partial charge is 0.228 e. The van der Waals surface area contributed by atoms with Crippen molar-refractivity contribution < 1.29 is 9.84 Å². The SMILES string of the molecule is COc1ccc(-c2nc(N3CC4CNC(CO)C4C3)nc3nc[nH]c23)cc1. The number of aliphatic hydroxyl groups excluding tert-OH is 1. The van der Waals surface area contributed by atoms with Crippen LogP contribution >= 0.6 is 0 Å². The number of hydrogen-bond acceptors (Lipinski definition) is 7. The van der Waals surface area contributed by atoms with E-state index in [4.69, 9.17) is 9.72 Å². The number of imidazole rings is 1. The Balaban J connectivity index is 1.52. The summed E-state index contributed by atoms with van der Waals surface area (Å²) < 4.78 is 5.26. The van der Waals surface area contributed by atoms with Gasteiger partial charge in [-0.05, 0) is 36.1 Å². The Morgan fingerprint density at radius 1 is 1.22 bits per heavy atom. The molecular formula is C19H22N6O2. The first kappa shape index (κ1) is 16.5. The molecule has 2 aromatic heterocycles. The van der Waals surface area contributed by atoms with Crippen LogP contribution in [0.5, 0.6) is 5.75 Å². The average Bonchev–Trinajstić information content (AvgIpc) is 3.42. The number of ether oxygens (including phenoxy) is 1. The largest absolute Gasteiger partial charge is 0.497 e. The van der Waals surface area contributed by atoms with Gasteiger partial charge in [0.1, 0.15) is 17.0 Å². The van der Waals surface area contributed by atoms with Gasteiger partial charge in [-0.15, -0.1) is 0 Å². The van der Waals surface area contributed by atoms with E-state index >= 15 is 0 Å². The van der Waals surface area contributed by atoms with Crippen molar-refractivity contribution >= 4 is 17.1 Å². The molecule has 1 aromatic carbocycles. The fraction of sp³-hybridized carbons (Fsp3) is 0.421. The van der Waals surface area contributed by atoms with Gasteiger partial charge in [-0.3, -0.25) is 0 Å². The molecule has 3 aromatic rings. The Kier molecular flexibility index (Phi) is 3.95. The van der Waals surface area contributed by atoms with E-state index < -0.39 is 0 Å². The first-order valence-electron chi connectivity index (χ1n) is 9.21. The lowest BCUT2D eigenvalue weighted by Gasteiger charge is -2.20. The number of benzene rings is 1. The van der Waals surface area contributed by atoms with E-state index in [-0.39, 0.29) is 12.6 Å². The first-order valence-corrected chi connectivity index (χ1v) is 9.21.